The van der Waals surface area contributed by atoms with Crippen LogP contribution in [0.25, 0.3) is 6.08 Å². The van der Waals surface area contributed by atoms with Gasteiger partial charge in [-0.25, -0.2) is 0 Å². The fourth-order valence-corrected chi connectivity index (χ4v) is 2.51. The van der Waals surface area contributed by atoms with E-state index in [1.54, 1.807) is 7.11 Å². The Morgan fingerprint density at radius 2 is 1.74 bits per heavy atom. The van der Waals surface area contributed by atoms with Crippen LogP contribution >= 0.6 is 0 Å². The molecule has 0 radical (unpaired) electrons. The Balaban J connectivity index is 1.69. The van der Waals surface area contributed by atoms with E-state index in [-0.39, 0.29) is 12.7 Å². The van der Waals surface area contributed by atoms with Crippen LogP contribution in [0.2, 0.25) is 0 Å². The number of methoxy groups -OCH3 is 1. The number of rotatable bonds is 5. The van der Waals surface area contributed by atoms with Crippen molar-refractivity contribution in [2.45, 2.75) is 18.3 Å². The highest BCUT2D eigenvalue weighted by molar-refractivity contribution is 5.49. The van der Waals surface area contributed by atoms with Crippen molar-refractivity contribution in [2.75, 3.05) is 13.7 Å². The summed E-state index contributed by atoms with van der Waals surface area (Å²) >= 11 is 0. The van der Waals surface area contributed by atoms with Gasteiger partial charge in [0.25, 0.3) is 0 Å². The van der Waals surface area contributed by atoms with Crippen LogP contribution in [0.1, 0.15) is 5.56 Å². The Kier molecular flexibility index (Phi) is 4.95. The van der Waals surface area contributed by atoms with Crippen LogP contribution < -0.4 is 9.47 Å². The monoisotopic (exact) mass is 312 g/mol. The Hall–Kier alpha value is -2.30. The second kappa shape index (κ2) is 7.31. The third-order valence-corrected chi connectivity index (χ3v) is 3.77. The number of hydrogen-bond acceptors (Lipinski definition) is 4. The van der Waals surface area contributed by atoms with Crippen molar-refractivity contribution in [3.8, 4) is 11.5 Å². The maximum Gasteiger partial charge on any atom is 0.156 e. The summed E-state index contributed by atoms with van der Waals surface area (Å²) in [6.07, 6.45) is 2.55. The molecule has 1 fully saturated rings. The number of benzene rings is 2. The van der Waals surface area contributed by atoms with Crippen molar-refractivity contribution in [3.63, 3.8) is 0 Å². The third-order valence-electron chi connectivity index (χ3n) is 3.77. The lowest BCUT2D eigenvalue weighted by atomic mass is 10.1. The summed E-state index contributed by atoms with van der Waals surface area (Å²) in [5.74, 6) is 1.44. The summed E-state index contributed by atoms with van der Waals surface area (Å²) in [6.45, 7) is 0.268. The van der Waals surface area contributed by atoms with E-state index in [1.165, 1.54) is 0 Å². The molecule has 0 aromatic heterocycles. The molecule has 2 aromatic carbocycles. The van der Waals surface area contributed by atoms with Gasteiger partial charge in [-0.15, -0.1) is 0 Å². The van der Waals surface area contributed by atoms with Crippen LogP contribution in [0, 0.1) is 0 Å². The lowest BCUT2D eigenvalue weighted by Gasteiger charge is -2.20. The minimum absolute atomic E-state index is 0.268. The zero-order valence-electron chi connectivity index (χ0n) is 13.0. The topological polar surface area (TPSA) is 47.9 Å². The summed E-state index contributed by atoms with van der Waals surface area (Å²) < 4.78 is 16.7. The number of aliphatic hydroxyl groups is 1. The first-order chi connectivity index (χ1) is 11.3. The molecule has 4 nitrogen and oxygen atoms in total. The van der Waals surface area contributed by atoms with Gasteiger partial charge in [0.15, 0.2) is 6.10 Å². The van der Waals surface area contributed by atoms with Gasteiger partial charge < -0.3 is 19.3 Å². The van der Waals surface area contributed by atoms with Crippen molar-refractivity contribution < 1.29 is 19.3 Å². The SMILES string of the molecule is COc1ccc(O[C@@H]2[C@H](O)CO[C@H]2/C=C/c2ccccc2)cc1. The fraction of sp³-hybridized carbons (Fsp3) is 0.263. The first-order valence-electron chi connectivity index (χ1n) is 7.60. The molecule has 3 atom stereocenters. The second-order valence-corrected chi connectivity index (χ2v) is 5.39. The smallest absolute Gasteiger partial charge is 0.156 e. The van der Waals surface area contributed by atoms with E-state index in [1.807, 2.05) is 66.7 Å². The van der Waals surface area contributed by atoms with Gasteiger partial charge in [-0.3, -0.25) is 0 Å². The predicted molar refractivity (Wildman–Crippen MR) is 88.6 cm³/mol. The molecule has 0 unspecified atom stereocenters. The highest BCUT2D eigenvalue weighted by Crippen LogP contribution is 2.25. The molecular weight excluding hydrogens is 292 g/mol. The van der Waals surface area contributed by atoms with Crippen LogP contribution in [0.4, 0.5) is 0 Å². The summed E-state index contributed by atoms with van der Waals surface area (Å²) in [4.78, 5) is 0. The standard InChI is InChI=1S/C19H20O4/c1-21-15-8-10-16(11-9-15)23-19-17(20)13-22-18(19)12-7-14-5-3-2-4-6-14/h2-12,17-20H,13H2,1H3/b12-7+/t17-,18+,19-/m1/s1. The summed E-state index contributed by atoms with van der Waals surface area (Å²) in [6, 6.07) is 17.3. The molecule has 3 rings (SSSR count). The third kappa shape index (κ3) is 3.92. The van der Waals surface area contributed by atoms with Crippen LogP contribution in [-0.4, -0.2) is 37.1 Å². The molecular formula is C19H20O4. The summed E-state index contributed by atoms with van der Waals surface area (Å²) in [7, 11) is 1.62. The van der Waals surface area contributed by atoms with Gasteiger partial charge in [-0.05, 0) is 29.8 Å². The van der Waals surface area contributed by atoms with E-state index in [9.17, 15) is 5.11 Å². The maximum atomic E-state index is 10.1. The quantitative estimate of drug-likeness (QED) is 0.922. The van der Waals surface area contributed by atoms with E-state index in [0.717, 1.165) is 11.3 Å². The van der Waals surface area contributed by atoms with Crippen LogP contribution in [0.3, 0.4) is 0 Å². The minimum atomic E-state index is -0.650. The fourth-order valence-electron chi connectivity index (χ4n) is 2.51. The molecule has 4 heteroatoms. The van der Waals surface area contributed by atoms with Crippen molar-refractivity contribution in [3.05, 3.63) is 66.2 Å². The van der Waals surface area contributed by atoms with Gasteiger partial charge >= 0.3 is 0 Å². The molecule has 1 aliphatic rings. The minimum Gasteiger partial charge on any atom is -0.497 e. The average Bonchev–Trinajstić information content (AvgIpc) is 2.95. The first kappa shape index (κ1) is 15.6. The lowest BCUT2D eigenvalue weighted by Crippen LogP contribution is -2.34. The molecule has 120 valence electrons. The van der Waals surface area contributed by atoms with Gasteiger partial charge in [-0.1, -0.05) is 42.5 Å². The first-order valence-corrected chi connectivity index (χ1v) is 7.60. The zero-order valence-corrected chi connectivity index (χ0v) is 13.0. The Morgan fingerprint density at radius 3 is 2.43 bits per heavy atom. The Bertz CT molecular complexity index is 636. The van der Waals surface area contributed by atoms with Crippen LogP contribution in [-0.2, 0) is 4.74 Å². The van der Waals surface area contributed by atoms with E-state index in [4.69, 9.17) is 14.2 Å². The average molecular weight is 312 g/mol. The molecule has 0 saturated carbocycles. The van der Waals surface area contributed by atoms with Crippen molar-refractivity contribution >= 4 is 6.08 Å². The van der Waals surface area contributed by atoms with Crippen molar-refractivity contribution in [2.24, 2.45) is 0 Å². The Labute approximate surface area is 135 Å². The van der Waals surface area contributed by atoms with Gasteiger partial charge in [0.1, 0.15) is 23.7 Å². The molecule has 23 heavy (non-hydrogen) atoms. The van der Waals surface area contributed by atoms with E-state index in [2.05, 4.69) is 0 Å². The molecule has 1 N–H and O–H groups in total. The summed E-state index contributed by atoms with van der Waals surface area (Å²) in [5, 5.41) is 10.1. The highest BCUT2D eigenvalue weighted by Gasteiger charge is 2.36. The molecule has 0 amide bonds. The largest absolute Gasteiger partial charge is 0.497 e. The van der Waals surface area contributed by atoms with Crippen molar-refractivity contribution in [1.29, 1.82) is 0 Å². The summed E-state index contributed by atoms with van der Waals surface area (Å²) in [5.41, 5.74) is 1.08. The molecule has 1 aliphatic heterocycles. The molecule has 1 saturated heterocycles. The predicted octanol–water partition coefficient (Wildman–Crippen LogP) is 2.92. The molecule has 0 bridgehead atoms. The molecule has 0 aliphatic carbocycles. The van der Waals surface area contributed by atoms with E-state index < -0.39 is 12.2 Å². The van der Waals surface area contributed by atoms with E-state index in [0.29, 0.717) is 5.75 Å². The van der Waals surface area contributed by atoms with E-state index >= 15 is 0 Å². The van der Waals surface area contributed by atoms with Gasteiger partial charge in [0, 0.05) is 0 Å². The van der Waals surface area contributed by atoms with Crippen LogP contribution in [0.15, 0.2) is 60.7 Å². The normalized spacial score (nSPS) is 24.0. The van der Waals surface area contributed by atoms with Gasteiger partial charge in [0.05, 0.1) is 13.7 Å². The number of hydrogen-bond donors (Lipinski definition) is 1. The van der Waals surface area contributed by atoms with Gasteiger partial charge in [-0.2, -0.15) is 0 Å². The Morgan fingerprint density at radius 1 is 1.04 bits per heavy atom. The molecule has 2 aromatic rings. The highest BCUT2D eigenvalue weighted by atomic mass is 16.6. The number of aliphatic hydroxyl groups excluding tert-OH is 1. The molecule has 0 spiro atoms. The number of ether oxygens (including phenoxy) is 3. The zero-order chi connectivity index (χ0) is 16.1. The maximum absolute atomic E-state index is 10.1. The second-order valence-electron chi connectivity index (χ2n) is 5.39. The molecule has 1 heterocycles. The lowest BCUT2D eigenvalue weighted by molar-refractivity contribution is 0.0612. The van der Waals surface area contributed by atoms with Crippen molar-refractivity contribution in [1.82, 2.24) is 0 Å². The van der Waals surface area contributed by atoms with Gasteiger partial charge in [0.2, 0.25) is 0 Å². The van der Waals surface area contributed by atoms with Crippen LogP contribution in [0.5, 0.6) is 11.5 Å².